The van der Waals surface area contributed by atoms with E-state index >= 15 is 0 Å². The van der Waals surface area contributed by atoms with Gasteiger partial charge in [0.1, 0.15) is 23.4 Å². The number of halogens is 2. The zero-order chi connectivity index (χ0) is 28.0. The Kier molecular flexibility index (Phi) is 7.07. The number of aliphatic hydroxyl groups is 1. The van der Waals surface area contributed by atoms with Gasteiger partial charge in [-0.05, 0) is 66.1 Å². The molecule has 0 spiro atoms. The van der Waals surface area contributed by atoms with E-state index in [1.54, 1.807) is 54.6 Å². The second-order valence-corrected chi connectivity index (χ2v) is 12.1. The van der Waals surface area contributed by atoms with Crippen molar-refractivity contribution in [2.75, 3.05) is 4.90 Å². The molecule has 3 aromatic carbocycles. The zero-order valence-corrected chi connectivity index (χ0v) is 23.4. The largest absolute Gasteiger partial charge is 0.507 e. The second-order valence-electron chi connectivity index (χ2n) is 9.44. The van der Waals surface area contributed by atoms with Crippen molar-refractivity contribution in [2.45, 2.75) is 35.6 Å². The quantitative estimate of drug-likeness (QED) is 0.0888. The molecule has 0 unspecified atom stereocenters. The Morgan fingerprint density at radius 3 is 2.73 bits per heavy atom. The van der Waals surface area contributed by atoms with Crippen LogP contribution < -0.4 is 9.64 Å². The lowest BCUT2D eigenvalue weighted by atomic mass is 9.94. The molecular weight excluding hydrogens is 573 g/mol. The van der Waals surface area contributed by atoms with Gasteiger partial charge < -0.3 is 9.84 Å². The number of anilines is 1. The Hall–Kier alpha value is -3.73. The number of rotatable bonds is 6. The van der Waals surface area contributed by atoms with Crippen molar-refractivity contribution < 1.29 is 23.8 Å². The summed E-state index contributed by atoms with van der Waals surface area (Å²) in [7, 11) is 0. The summed E-state index contributed by atoms with van der Waals surface area (Å²) in [5, 5.41) is 20.5. The first-order chi connectivity index (χ1) is 19.3. The van der Waals surface area contributed by atoms with Gasteiger partial charge in [0.15, 0.2) is 4.34 Å². The predicted molar refractivity (Wildman–Crippen MR) is 152 cm³/mol. The van der Waals surface area contributed by atoms with Crippen LogP contribution in [0.5, 0.6) is 5.75 Å². The standard InChI is InChI=1S/C29H21ClFN3O4S2/c1-15-11-19-12-18(7-10-22(19)38-15)25(35)23-24(17-3-2-4-20(30)13-17)34(27(37)26(23)36)28-32-33-29(40-28)39-14-16-5-8-21(31)9-6-16/h2-10,12-13,15,24,35H,11,14H2,1H3/t15-,24-/m0/s1. The SMILES string of the molecule is C[C@H]1Cc2cc(C(O)=C3C(=O)C(=O)N(c4nnc(SCc5ccc(F)cc5)s4)[C@H]3c3cccc(Cl)c3)ccc2O1. The summed E-state index contributed by atoms with van der Waals surface area (Å²) in [6, 6.07) is 17.2. The van der Waals surface area contributed by atoms with Crippen LogP contribution in [0, 0.1) is 5.82 Å². The monoisotopic (exact) mass is 593 g/mol. The summed E-state index contributed by atoms with van der Waals surface area (Å²) in [5.41, 5.74) is 2.71. The van der Waals surface area contributed by atoms with Crippen LogP contribution in [0.3, 0.4) is 0 Å². The number of hydrogen-bond donors (Lipinski definition) is 1. The summed E-state index contributed by atoms with van der Waals surface area (Å²) >= 11 is 8.83. The molecule has 3 heterocycles. The number of ether oxygens (including phenoxy) is 1. The highest BCUT2D eigenvalue weighted by Crippen LogP contribution is 2.45. The lowest BCUT2D eigenvalue weighted by Gasteiger charge is -2.22. The fraction of sp³-hybridized carbons (Fsp3) is 0.172. The number of fused-ring (bicyclic) bond motifs is 1. The van der Waals surface area contributed by atoms with Crippen molar-refractivity contribution in [2.24, 2.45) is 0 Å². The number of ketones is 1. The molecule has 202 valence electrons. The number of thioether (sulfide) groups is 1. The van der Waals surface area contributed by atoms with E-state index in [4.69, 9.17) is 16.3 Å². The molecule has 7 nitrogen and oxygen atoms in total. The predicted octanol–water partition coefficient (Wildman–Crippen LogP) is 6.57. The fourth-order valence-corrected chi connectivity index (χ4v) is 6.85. The number of hydrogen-bond acceptors (Lipinski definition) is 8. The second kappa shape index (κ2) is 10.7. The van der Waals surface area contributed by atoms with Gasteiger partial charge in [0.25, 0.3) is 5.78 Å². The first kappa shape index (κ1) is 26.5. The molecule has 1 fully saturated rings. The third-order valence-corrected chi connectivity index (χ3v) is 9.02. The number of benzene rings is 3. The average molecular weight is 594 g/mol. The summed E-state index contributed by atoms with van der Waals surface area (Å²) in [5.74, 6) is -1.00. The van der Waals surface area contributed by atoms with Gasteiger partial charge in [-0.15, -0.1) is 10.2 Å². The van der Waals surface area contributed by atoms with Crippen molar-refractivity contribution in [1.29, 1.82) is 0 Å². The van der Waals surface area contributed by atoms with Crippen molar-refractivity contribution >= 4 is 57.3 Å². The Labute approximate surface area is 242 Å². The first-order valence-corrected chi connectivity index (χ1v) is 14.5. The van der Waals surface area contributed by atoms with Crippen molar-refractivity contribution in [1.82, 2.24) is 10.2 Å². The molecule has 0 aliphatic carbocycles. The third-order valence-electron chi connectivity index (χ3n) is 6.66. The molecule has 0 bridgehead atoms. The van der Waals surface area contributed by atoms with E-state index in [1.807, 2.05) is 6.92 Å². The van der Waals surface area contributed by atoms with Gasteiger partial charge in [0.2, 0.25) is 5.13 Å². The Bertz CT molecular complexity index is 1670. The number of aliphatic hydroxyl groups excluding tert-OH is 1. The van der Waals surface area contributed by atoms with Gasteiger partial charge in [-0.1, -0.05) is 59.0 Å². The number of Topliss-reactive ketones (excluding diaryl/α,β-unsaturated/α-hetero) is 1. The summed E-state index contributed by atoms with van der Waals surface area (Å²) < 4.78 is 19.6. The lowest BCUT2D eigenvalue weighted by molar-refractivity contribution is -0.132. The minimum absolute atomic E-state index is 0.0111. The maximum absolute atomic E-state index is 13.5. The van der Waals surface area contributed by atoms with Crippen LogP contribution in [-0.4, -0.2) is 33.1 Å². The highest BCUT2D eigenvalue weighted by atomic mass is 35.5. The number of carbonyl (C=O) groups excluding carboxylic acids is 2. The van der Waals surface area contributed by atoms with E-state index < -0.39 is 17.7 Å². The summed E-state index contributed by atoms with van der Waals surface area (Å²) in [4.78, 5) is 28.2. The first-order valence-electron chi connectivity index (χ1n) is 12.4. The molecule has 2 aliphatic heterocycles. The molecule has 2 atom stereocenters. The number of aromatic nitrogens is 2. The molecule has 1 amide bonds. The normalized spacial score (nSPS) is 19.6. The maximum atomic E-state index is 13.5. The van der Waals surface area contributed by atoms with Gasteiger partial charge in [-0.25, -0.2) is 4.39 Å². The molecule has 40 heavy (non-hydrogen) atoms. The van der Waals surface area contributed by atoms with E-state index in [-0.39, 0.29) is 28.4 Å². The molecule has 6 rings (SSSR count). The Balaban J connectivity index is 1.38. The highest BCUT2D eigenvalue weighted by Gasteiger charge is 2.48. The zero-order valence-electron chi connectivity index (χ0n) is 21.0. The molecule has 0 saturated carbocycles. The van der Waals surface area contributed by atoms with E-state index in [1.165, 1.54) is 28.8 Å². The van der Waals surface area contributed by atoms with Crippen LogP contribution in [0.15, 0.2) is 76.6 Å². The lowest BCUT2D eigenvalue weighted by Crippen LogP contribution is -2.29. The molecule has 1 N–H and O–H groups in total. The van der Waals surface area contributed by atoms with Crippen molar-refractivity contribution in [3.63, 3.8) is 0 Å². The number of nitrogens with zero attached hydrogens (tertiary/aromatic N) is 3. The van der Waals surface area contributed by atoms with Crippen molar-refractivity contribution in [3.05, 3.63) is 105 Å². The van der Waals surface area contributed by atoms with E-state index in [9.17, 15) is 19.1 Å². The number of carbonyl (C=O) groups is 2. The molecular formula is C29H21ClFN3O4S2. The number of amides is 1. The van der Waals surface area contributed by atoms with E-state index in [0.717, 1.165) is 28.2 Å². The van der Waals surface area contributed by atoms with Gasteiger partial charge in [0, 0.05) is 22.8 Å². The van der Waals surface area contributed by atoms with E-state index in [0.29, 0.717) is 32.7 Å². The van der Waals surface area contributed by atoms with Crippen LogP contribution in [0.4, 0.5) is 9.52 Å². The molecule has 0 radical (unpaired) electrons. The van der Waals surface area contributed by atoms with Gasteiger partial charge in [-0.3, -0.25) is 14.5 Å². The van der Waals surface area contributed by atoms with Crippen LogP contribution in [0.25, 0.3) is 5.76 Å². The Morgan fingerprint density at radius 1 is 1.15 bits per heavy atom. The minimum atomic E-state index is -0.968. The molecule has 1 aromatic heterocycles. The molecule has 4 aromatic rings. The molecule has 2 aliphatic rings. The fourth-order valence-electron chi connectivity index (χ4n) is 4.83. The maximum Gasteiger partial charge on any atom is 0.301 e. The van der Waals surface area contributed by atoms with E-state index in [2.05, 4.69) is 10.2 Å². The summed E-state index contributed by atoms with van der Waals surface area (Å²) in [6.07, 6.45) is 0.683. The van der Waals surface area contributed by atoms with Crippen LogP contribution in [0.2, 0.25) is 5.02 Å². The van der Waals surface area contributed by atoms with Crippen LogP contribution >= 0.6 is 34.7 Å². The smallest absolute Gasteiger partial charge is 0.301 e. The minimum Gasteiger partial charge on any atom is -0.507 e. The van der Waals surface area contributed by atoms with Crippen LogP contribution in [0.1, 0.15) is 35.2 Å². The van der Waals surface area contributed by atoms with Crippen molar-refractivity contribution in [3.8, 4) is 5.75 Å². The summed E-state index contributed by atoms with van der Waals surface area (Å²) in [6.45, 7) is 1.96. The van der Waals surface area contributed by atoms with Gasteiger partial charge in [0.05, 0.1) is 11.6 Å². The Morgan fingerprint density at radius 2 is 1.95 bits per heavy atom. The molecule has 1 saturated heterocycles. The highest BCUT2D eigenvalue weighted by molar-refractivity contribution is 8.00. The third kappa shape index (κ3) is 4.98. The van der Waals surface area contributed by atoms with Gasteiger partial charge in [-0.2, -0.15) is 0 Å². The average Bonchev–Trinajstić information content (AvgIpc) is 3.63. The topological polar surface area (TPSA) is 92.6 Å². The van der Waals surface area contributed by atoms with Crippen LogP contribution in [-0.2, 0) is 21.8 Å². The van der Waals surface area contributed by atoms with Gasteiger partial charge >= 0.3 is 5.91 Å². The molecule has 11 heteroatoms.